The van der Waals surface area contributed by atoms with Gasteiger partial charge in [-0.15, -0.1) is 11.3 Å². The average Bonchev–Trinajstić information content (AvgIpc) is 3.30. The Balaban J connectivity index is 0.000000247. The first-order valence-corrected chi connectivity index (χ1v) is 13.3. The van der Waals surface area contributed by atoms with E-state index in [1.807, 2.05) is 38.4 Å². The smallest absolute Gasteiger partial charge is 0.410 e. The van der Waals surface area contributed by atoms with E-state index in [0.29, 0.717) is 32.3 Å². The van der Waals surface area contributed by atoms with Crippen LogP contribution in [0.15, 0.2) is 23.7 Å². The Morgan fingerprint density at radius 1 is 1.31 bits per heavy atom. The van der Waals surface area contributed by atoms with Crippen molar-refractivity contribution in [3.05, 3.63) is 23.7 Å². The average molecular weight is 508 g/mol. The van der Waals surface area contributed by atoms with Gasteiger partial charge in [0, 0.05) is 20.0 Å². The number of aromatic nitrogens is 1. The molecule has 196 valence electrons. The fourth-order valence-corrected chi connectivity index (χ4v) is 4.20. The first-order valence-electron chi connectivity index (χ1n) is 12.5. The third-order valence-electron chi connectivity index (χ3n) is 5.32. The van der Waals surface area contributed by atoms with Gasteiger partial charge in [0.05, 0.1) is 35.6 Å². The van der Waals surface area contributed by atoms with E-state index < -0.39 is 5.60 Å². The van der Waals surface area contributed by atoms with E-state index in [1.54, 1.807) is 16.2 Å². The predicted octanol–water partition coefficient (Wildman–Crippen LogP) is 5.40. The maximum atomic E-state index is 11.9. The number of carbonyl (C=O) groups excluding carboxylic acids is 2. The first-order chi connectivity index (χ1) is 16.6. The Kier molecular flexibility index (Phi) is 11.7. The monoisotopic (exact) mass is 507 g/mol. The molecule has 0 bridgehead atoms. The highest BCUT2D eigenvalue weighted by molar-refractivity contribution is 7.16. The number of unbranched alkanes of at least 4 members (excludes halogenated alkanes) is 1. The Hall–Kier alpha value is -2.39. The quantitative estimate of drug-likeness (QED) is 0.514. The van der Waals surface area contributed by atoms with Gasteiger partial charge >= 0.3 is 6.09 Å². The number of para-hydroxylation sites is 1. The maximum absolute atomic E-state index is 11.9. The summed E-state index contributed by atoms with van der Waals surface area (Å²) in [6, 6.07) is 6.16. The number of amides is 2. The zero-order valence-electron chi connectivity index (χ0n) is 22.0. The Labute approximate surface area is 213 Å². The molecule has 2 heterocycles. The lowest BCUT2D eigenvalue weighted by Crippen LogP contribution is -2.50. The van der Waals surface area contributed by atoms with Crippen molar-refractivity contribution >= 4 is 33.6 Å². The molecule has 1 aromatic carbocycles. The van der Waals surface area contributed by atoms with Crippen molar-refractivity contribution in [1.82, 2.24) is 15.2 Å². The lowest BCUT2D eigenvalue weighted by atomic mass is 10.1. The van der Waals surface area contributed by atoms with Crippen molar-refractivity contribution in [2.45, 2.75) is 85.0 Å². The summed E-state index contributed by atoms with van der Waals surface area (Å²) in [6.45, 7) is 13.2. The highest BCUT2D eigenvalue weighted by atomic mass is 32.1. The van der Waals surface area contributed by atoms with Gasteiger partial charge in [-0.25, -0.2) is 9.78 Å². The first kappa shape index (κ1) is 28.8. The number of hydrogen-bond acceptors (Lipinski definition) is 7. The zero-order valence-corrected chi connectivity index (χ0v) is 22.8. The van der Waals surface area contributed by atoms with Gasteiger partial charge < -0.3 is 24.4 Å². The summed E-state index contributed by atoms with van der Waals surface area (Å²) in [5.41, 5.74) is 2.39. The van der Waals surface area contributed by atoms with Crippen molar-refractivity contribution in [1.29, 1.82) is 0 Å². The minimum atomic E-state index is -0.498. The summed E-state index contributed by atoms with van der Waals surface area (Å²) in [6.07, 6.45) is 4.46. The summed E-state index contributed by atoms with van der Waals surface area (Å²) in [7, 11) is 0. The summed E-state index contributed by atoms with van der Waals surface area (Å²) in [5.74, 6) is 0.833. The predicted molar refractivity (Wildman–Crippen MR) is 140 cm³/mol. The molecule has 2 atom stereocenters. The third kappa shape index (κ3) is 10.4. The molecule has 2 unspecified atom stereocenters. The molecule has 8 nitrogen and oxygen atoms in total. The second-order valence-corrected chi connectivity index (χ2v) is 10.5. The van der Waals surface area contributed by atoms with Crippen molar-refractivity contribution in [2.75, 3.05) is 26.2 Å². The van der Waals surface area contributed by atoms with Gasteiger partial charge in [0.25, 0.3) is 0 Å². The van der Waals surface area contributed by atoms with Gasteiger partial charge in [-0.1, -0.05) is 32.8 Å². The lowest BCUT2D eigenvalue weighted by molar-refractivity contribution is -0.120. The molecule has 9 heteroatoms. The fraction of sp³-hybridized carbons (Fsp3) is 0.654. The molecule has 0 radical (unpaired) electrons. The number of morpholine rings is 1. The van der Waals surface area contributed by atoms with Crippen LogP contribution in [-0.2, 0) is 14.3 Å². The molecule has 0 saturated carbocycles. The van der Waals surface area contributed by atoms with Crippen LogP contribution in [0.4, 0.5) is 4.79 Å². The van der Waals surface area contributed by atoms with Crippen molar-refractivity contribution in [3.8, 4) is 5.75 Å². The van der Waals surface area contributed by atoms with Gasteiger partial charge in [0.2, 0.25) is 5.91 Å². The molecule has 3 rings (SSSR count). The molecule has 1 fully saturated rings. The SMILES string of the molecule is CC(=O)NCC1CN(C(=O)OC(C)(C)C)CCO1.CCCCC(CC)Oc1cccc2scnc12. The normalized spacial score (nSPS) is 16.7. The Morgan fingerprint density at radius 2 is 2.09 bits per heavy atom. The molecule has 0 aliphatic carbocycles. The molecule has 0 spiro atoms. The van der Waals surface area contributed by atoms with Crippen LogP contribution in [0, 0.1) is 0 Å². The van der Waals surface area contributed by atoms with E-state index in [1.165, 1.54) is 24.5 Å². The summed E-state index contributed by atoms with van der Waals surface area (Å²) < 4.78 is 18.1. The van der Waals surface area contributed by atoms with Crippen LogP contribution >= 0.6 is 11.3 Å². The second-order valence-electron chi connectivity index (χ2n) is 9.60. The number of nitrogens with zero attached hydrogens (tertiary/aromatic N) is 2. The molecule has 1 aliphatic rings. The van der Waals surface area contributed by atoms with Gasteiger partial charge in [0.15, 0.2) is 0 Å². The van der Waals surface area contributed by atoms with Crippen molar-refractivity contribution < 1.29 is 23.8 Å². The van der Waals surface area contributed by atoms with Crippen LogP contribution in [0.5, 0.6) is 5.75 Å². The largest absolute Gasteiger partial charge is 0.488 e. The van der Waals surface area contributed by atoms with Crippen LogP contribution in [0.25, 0.3) is 10.2 Å². The van der Waals surface area contributed by atoms with Gasteiger partial charge in [-0.2, -0.15) is 0 Å². The van der Waals surface area contributed by atoms with Gasteiger partial charge in [-0.3, -0.25) is 4.79 Å². The number of nitrogens with one attached hydrogen (secondary N) is 1. The third-order valence-corrected chi connectivity index (χ3v) is 6.12. The number of carbonyl (C=O) groups is 2. The Bertz CT molecular complexity index is 927. The number of ether oxygens (including phenoxy) is 3. The highest BCUT2D eigenvalue weighted by Gasteiger charge is 2.28. The molecular weight excluding hydrogens is 466 g/mol. The minimum absolute atomic E-state index is 0.104. The topological polar surface area (TPSA) is 90.0 Å². The number of benzene rings is 1. The molecule has 1 aromatic heterocycles. The number of hydrogen-bond donors (Lipinski definition) is 1. The number of fused-ring (bicyclic) bond motifs is 1. The fourth-order valence-electron chi connectivity index (χ4n) is 3.51. The maximum Gasteiger partial charge on any atom is 0.410 e. The summed E-state index contributed by atoms with van der Waals surface area (Å²) >= 11 is 1.66. The van der Waals surface area contributed by atoms with Crippen LogP contribution in [0.1, 0.15) is 67.2 Å². The molecule has 1 saturated heterocycles. The highest BCUT2D eigenvalue weighted by Crippen LogP contribution is 2.28. The summed E-state index contributed by atoms with van der Waals surface area (Å²) in [4.78, 5) is 28.7. The van der Waals surface area contributed by atoms with Crippen LogP contribution in [0.2, 0.25) is 0 Å². The molecule has 2 aromatic rings. The summed E-state index contributed by atoms with van der Waals surface area (Å²) in [5, 5.41) is 2.68. The molecule has 1 N–H and O–H groups in total. The van der Waals surface area contributed by atoms with Crippen molar-refractivity contribution in [3.63, 3.8) is 0 Å². The van der Waals surface area contributed by atoms with E-state index >= 15 is 0 Å². The van der Waals surface area contributed by atoms with Crippen LogP contribution in [0.3, 0.4) is 0 Å². The van der Waals surface area contributed by atoms with E-state index in [0.717, 1.165) is 24.1 Å². The molecule has 35 heavy (non-hydrogen) atoms. The second kappa shape index (κ2) is 14.2. The molecule has 1 aliphatic heterocycles. The zero-order chi connectivity index (χ0) is 25.8. The van der Waals surface area contributed by atoms with E-state index in [9.17, 15) is 9.59 Å². The van der Waals surface area contributed by atoms with E-state index in [4.69, 9.17) is 14.2 Å². The molecular formula is C26H41N3O5S. The van der Waals surface area contributed by atoms with E-state index in [2.05, 4.69) is 30.2 Å². The Morgan fingerprint density at radius 3 is 2.74 bits per heavy atom. The number of thiazole rings is 1. The molecule has 2 amide bonds. The van der Waals surface area contributed by atoms with E-state index in [-0.39, 0.29) is 18.1 Å². The minimum Gasteiger partial charge on any atom is -0.488 e. The number of rotatable bonds is 8. The standard InChI is InChI=1S/C14H19NOS.C12H22N2O4/c1-3-5-7-11(4-2)16-12-8-6-9-13-14(12)15-10-17-13;1-9(15)13-7-10-8-14(5-6-17-10)11(16)18-12(2,3)4/h6,8-11H,3-5,7H2,1-2H3;10H,5-8H2,1-4H3,(H,13,15). The van der Waals surface area contributed by atoms with Crippen LogP contribution in [-0.4, -0.2) is 65.9 Å². The lowest BCUT2D eigenvalue weighted by Gasteiger charge is -2.34. The van der Waals surface area contributed by atoms with Crippen molar-refractivity contribution in [2.24, 2.45) is 0 Å². The van der Waals surface area contributed by atoms with Crippen LogP contribution < -0.4 is 10.1 Å². The van der Waals surface area contributed by atoms with Gasteiger partial charge in [0.1, 0.15) is 16.9 Å². The van der Waals surface area contributed by atoms with Gasteiger partial charge in [-0.05, 0) is 45.7 Å².